The predicted octanol–water partition coefficient (Wildman–Crippen LogP) is 5.24. The molecule has 1 aromatic heterocycles. The van der Waals surface area contributed by atoms with Crippen LogP contribution in [0.1, 0.15) is 49.7 Å². The summed E-state index contributed by atoms with van der Waals surface area (Å²) in [7, 11) is 5.75. The Bertz CT molecular complexity index is 1130. The first-order chi connectivity index (χ1) is 16.9. The molecule has 0 spiro atoms. The Hall–Kier alpha value is -3.24. The van der Waals surface area contributed by atoms with Crippen molar-refractivity contribution >= 4 is 29.1 Å². The number of likely N-dealkylation sites (N-methyl/N-ethyl adjacent to an activating group) is 1. The second-order valence-corrected chi connectivity index (χ2v) is 11.0. The molecule has 1 heterocycles. The summed E-state index contributed by atoms with van der Waals surface area (Å²) in [6, 6.07) is 10.00. The molecule has 0 saturated heterocycles. The van der Waals surface area contributed by atoms with Gasteiger partial charge in [0.15, 0.2) is 0 Å². The van der Waals surface area contributed by atoms with Crippen molar-refractivity contribution in [3.8, 4) is 11.8 Å². The Balaban J connectivity index is 1.39. The van der Waals surface area contributed by atoms with Crippen LogP contribution in [0, 0.1) is 29.1 Å². The van der Waals surface area contributed by atoms with Crippen LogP contribution in [-0.4, -0.2) is 43.2 Å². The number of nitriles is 1. The molecule has 4 saturated carbocycles. The van der Waals surface area contributed by atoms with E-state index in [1.54, 1.807) is 13.2 Å². The van der Waals surface area contributed by atoms with E-state index in [0.29, 0.717) is 22.9 Å². The minimum atomic E-state index is 0.0438. The maximum Gasteiger partial charge on any atom is 0.148 e. The first-order valence-electron chi connectivity index (χ1n) is 12.6. The lowest BCUT2D eigenvalue weighted by molar-refractivity contribution is 0.0105. The van der Waals surface area contributed by atoms with Gasteiger partial charge in [0, 0.05) is 35.5 Å². The largest absolute Gasteiger partial charge is 0.496 e. The summed E-state index contributed by atoms with van der Waals surface area (Å²) in [6.07, 6.45) is 11.8. The van der Waals surface area contributed by atoms with E-state index in [9.17, 15) is 5.26 Å². The normalized spacial score (nSPS) is 26.8. The van der Waals surface area contributed by atoms with Gasteiger partial charge >= 0.3 is 0 Å². The number of nitrogens with one attached hydrogen (secondary N) is 2. The number of hydrogen-bond donors (Lipinski definition) is 3. The van der Waals surface area contributed by atoms with E-state index in [-0.39, 0.29) is 5.54 Å². The average molecular weight is 473 g/mol. The quantitative estimate of drug-likeness (QED) is 0.483. The van der Waals surface area contributed by atoms with Gasteiger partial charge in [-0.1, -0.05) is 12.2 Å². The molecule has 4 fully saturated rings. The molecule has 7 heteroatoms. The van der Waals surface area contributed by atoms with E-state index >= 15 is 0 Å². The number of nitrogens with two attached hydrogens (primary N) is 1. The number of methoxy groups -OCH3 is 1. The van der Waals surface area contributed by atoms with Gasteiger partial charge in [-0.05, 0) is 82.5 Å². The minimum absolute atomic E-state index is 0.0438. The van der Waals surface area contributed by atoms with Gasteiger partial charge < -0.3 is 26.0 Å². The van der Waals surface area contributed by atoms with Crippen LogP contribution >= 0.6 is 0 Å². The first-order valence-corrected chi connectivity index (χ1v) is 12.6. The van der Waals surface area contributed by atoms with Crippen LogP contribution in [-0.2, 0) is 0 Å². The molecule has 0 atom stereocenters. The van der Waals surface area contributed by atoms with Crippen LogP contribution in [0.15, 0.2) is 30.3 Å². The van der Waals surface area contributed by atoms with Crippen molar-refractivity contribution in [1.29, 1.82) is 5.26 Å². The maximum absolute atomic E-state index is 9.84. The fraction of sp³-hybridized carbons (Fsp3) is 0.500. The summed E-state index contributed by atoms with van der Waals surface area (Å²) >= 11 is 0. The lowest BCUT2D eigenvalue weighted by Gasteiger charge is -2.57. The van der Waals surface area contributed by atoms with Crippen molar-refractivity contribution in [2.75, 3.05) is 44.1 Å². The Labute approximate surface area is 208 Å². The van der Waals surface area contributed by atoms with E-state index < -0.39 is 0 Å². The van der Waals surface area contributed by atoms with Crippen molar-refractivity contribution < 1.29 is 4.74 Å². The molecule has 35 heavy (non-hydrogen) atoms. The van der Waals surface area contributed by atoms with Gasteiger partial charge in [0.05, 0.1) is 12.8 Å². The highest BCUT2D eigenvalue weighted by atomic mass is 16.5. The molecule has 6 rings (SSSR count). The lowest BCUT2D eigenvalue weighted by atomic mass is 9.53. The second-order valence-electron chi connectivity index (χ2n) is 11.0. The maximum atomic E-state index is 9.84. The zero-order chi connectivity index (χ0) is 24.6. The summed E-state index contributed by atoms with van der Waals surface area (Å²) in [5.74, 6) is 4.40. The molecule has 0 amide bonds. The van der Waals surface area contributed by atoms with Crippen molar-refractivity contribution in [3.63, 3.8) is 0 Å². The van der Waals surface area contributed by atoms with E-state index in [1.807, 2.05) is 32.3 Å². The van der Waals surface area contributed by atoms with Crippen molar-refractivity contribution in [1.82, 2.24) is 9.88 Å². The van der Waals surface area contributed by atoms with E-state index in [0.717, 1.165) is 41.3 Å². The molecule has 2 aromatic rings. The van der Waals surface area contributed by atoms with Gasteiger partial charge in [-0.25, -0.2) is 4.98 Å². The van der Waals surface area contributed by atoms with Crippen LogP contribution in [0.5, 0.6) is 5.75 Å². The van der Waals surface area contributed by atoms with Crippen molar-refractivity contribution in [2.45, 2.75) is 44.1 Å². The number of benzene rings is 1. The van der Waals surface area contributed by atoms with Gasteiger partial charge in [0.2, 0.25) is 0 Å². The number of anilines is 4. The van der Waals surface area contributed by atoms with Crippen LogP contribution < -0.4 is 21.1 Å². The summed E-state index contributed by atoms with van der Waals surface area (Å²) in [5.41, 5.74) is 9.11. The number of pyridine rings is 1. The molecule has 4 N–H and O–H groups in total. The van der Waals surface area contributed by atoms with E-state index in [2.05, 4.69) is 33.8 Å². The van der Waals surface area contributed by atoms with Crippen molar-refractivity contribution in [2.24, 2.45) is 17.8 Å². The number of ether oxygens (including phenoxy) is 1. The zero-order valence-electron chi connectivity index (χ0n) is 21.0. The van der Waals surface area contributed by atoms with E-state index in [4.69, 9.17) is 15.5 Å². The van der Waals surface area contributed by atoms with Crippen molar-refractivity contribution in [3.05, 3.63) is 41.5 Å². The molecule has 7 nitrogen and oxygen atoms in total. The number of nitrogens with zero attached hydrogens (tertiary/aromatic N) is 3. The Morgan fingerprint density at radius 3 is 2.46 bits per heavy atom. The molecule has 184 valence electrons. The van der Waals surface area contributed by atoms with Gasteiger partial charge in [0.25, 0.3) is 0 Å². The summed E-state index contributed by atoms with van der Waals surface area (Å²) in [5, 5.41) is 17.0. The number of aromatic nitrogens is 1. The van der Waals surface area contributed by atoms with Crippen LogP contribution in [0.2, 0.25) is 0 Å². The Morgan fingerprint density at radius 1 is 1.17 bits per heavy atom. The number of rotatable bonds is 8. The predicted molar refractivity (Wildman–Crippen MR) is 142 cm³/mol. The second kappa shape index (κ2) is 9.43. The zero-order valence-corrected chi connectivity index (χ0v) is 21.0. The van der Waals surface area contributed by atoms with Crippen LogP contribution in [0.3, 0.4) is 0 Å². The molecular weight excluding hydrogens is 436 g/mol. The van der Waals surface area contributed by atoms with Crippen LogP contribution in [0.4, 0.5) is 23.0 Å². The summed E-state index contributed by atoms with van der Waals surface area (Å²) < 4.78 is 5.62. The average Bonchev–Trinajstić information content (AvgIpc) is 2.78. The van der Waals surface area contributed by atoms with Crippen LogP contribution in [0.25, 0.3) is 6.08 Å². The monoisotopic (exact) mass is 472 g/mol. The third-order valence-electron chi connectivity index (χ3n) is 7.86. The lowest BCUT2D eigenvalue weighted by Crippen LogP contribution is -2.55. The minimum Gasteiger partial charge on any atom is -0.496 e. The molecular formula is C28H36N6O. The molecule has 4 aliphatic carbocycles. The molecule has 1 aromatic carbocycles. The van der Waals surface area contributed by atoms with Gasteiger partial charge in [-0.3, -0.25) is 0 Å². The fourth-order valence-corrected chi connectivity index (χ4v) is 6.82. The smallest absolute Gasteiger partial charge is 0.148 e. The topological polar surface area (TPSA) is 99.2 Å². The summed E-state index contributed by atoms with van der Waals surface area (Å²) in [6.45, 7) is 0.858. The van der Waals surface area contributed by atoms with Gasteiger partial charge in [-0.2, -0.15) is 5.26 Å². The molecule has 0 radical (unpaired) electrons. The highest BCUT2D eigenvalue weighted by Gasteiger charge is 2.51. The third-order valence-corrected chi connectivity index (χ3v) is 7.86. The highest BCUT2D eigenvalue weighted by Crippen LogP contribution is 2.56. The van der Waals surface area contributed by atoms with Gasteiger partial charge in [-0.15, -0.1) is 0 Å². The molecule has 0 aliphatic heterocycles. The SMILES string of the molecule is COc1cc(Nc2cc(N)c(C#N)c(NC34CC5CC(CC(C5)C3)C4)n2)ccc1/C=C/CN(C)C. The molecule has 0 unspecified atom stereocenters. The van der Waals surface area contributed by atoms with Gasteiger partial charge in [0.1, 0.15) is 29.0 Å². The highest BCUT2D eigenvalue weighted by molar-refractivity contribution is 5.74. The fourth-order valence-electron chi connectivity index (χ4n) is 6.82. The summed E-state index contributed by atoms with van der Waals surface area (Å²) in [4.78, 5) is 6.94. The molecule has 4 aliphatic rings. The Kier molecular flexibility index (Phi) is 6.33. The Morgan fingerprint density at radius 2 is 1.86 bits per heavy atom. The number of nitrogen functional groups attached to an aromatic ring is 1. The van der Waals surface area contributed by atoms with E-state index in [1.165, 1.54) is 38.5 Å². The number of hydrogen-bond acceptors (Lipinski definition) is 7. The standard InChI is InChI=1S/C28H36N6O/c1-34(2)8-4-5-21-6-7-22(12-25(21)35-3)31-26-13-24(30)23(17-29)27(32-26)33-28-14-18-9-19(15-28)11-20(10-18)16-28/h4-7,12-13,18-20H,8-11,14-16H2,1-3H3,(H4,30,31,32,33)/b5-4+. The third kappa shape index (κ3) is 4.94. The molecule has 4 bridgehead atoms. The first kappa shape index (κ1) is 23.5.